The quantitative estimate of drug-likeness (QED) is 0.852. The van der Waals surface area contributed by atoms with Crippen LogP contribution in [0.25, 0.3) is 0 Å². The van der Waals surface area contributed by atoms with E-state index in [4.69, 9.17) is 11.6 Å². The van der Waals surface area contributed by atoms with E-state index in [9.17, 15) is 0 Å². The highest BCUT2D eigenvalue weighted by Gasteiger charge is 2.43. The summed E-state index contributed by atoms with van der Waals surface area (Å²) in [6.45, 7) is 3.24. The molecule has 0 atom stereocenters. The van der Waals surface area contributed by atoms with Crippen LogP contribution in [0.5, 0.6) is 0 Å². The maximum Gasteiger partial charge on any atom is 0.0643 e. The maximum atomic E-state index is 6.44. The van der Waals surface area contributed by atoms with Gasteiger partial charge in [0.1, 0.15) is 0 Å². The van der Waals surface area contributed by atoms with E-state index in [1.54, 1.807) is 0 Å². The molecule has 2 aliphatic rings. The molecule has 0 aromatic heterocycles. The predicted octanol–water partition coefficient (Wildman–Crippen LogP) is 4.11. The SMILES string of the molecule is Clc1ccccc1N1CC2(CCNCC2)c2ccccc21. The van der Waals surface area contributed by atoms with Gasteiger partial charge in [0, 0.05) is 17.6 Å². The molecule has 0 radical (unpaired) electrons. The molecule has 0 bridgehead atoms. The standard InChI is InChI=1S/C18H19ClN2/c19-15-6-2-4-8-17(15)21-13-18(9-11-20-12-10-18)14-5-1-3-7-16(14)21/h1-8,20H,9-13H2. The molecule has 2 heterocycles. The first kappa shape index (κ1) is 13.2. The third-order valence-electron chi connectivity index (χ3n) is 4.93. The van der Waals surface area contributed by atoms with E-state index in [2.05, 4.69) is 46.6 Å². The minimum absolute atomic E-state index is 0.279. The number of piperidine rings is 1. The van der Waals surface area contributed by atoms with E-state index >= 15 is 0 Å². The molecule has 1 spiro atoms. The molecule has 0 saturated carbocycles. The summed E-state index contributed by atoms with van der Waals surface area (Å²) >= 11 is 6.44. The molecule has 0 aliphatic carbocycles. The maximum absolute atomic E-state index is 6.44. The molecule has 1 N–H and O–H groups in total. The fourth-order valence-electron chi connectivity index (χ4n) is 3.85. The van der Waals surface area contributed by atoms with Gasteiger partial charge >= 0.3 is 0 Å². The van der Waals surface area contributed by atoms with E-state index in [0.29, 0.717) is 0 Å². The van der Waals surface area contributed by atoms with Gasteiger partial charge in [0.05, 0.1) is 10.7 Å². The van der Waals surface area contributed by atoms with Gasteiger partial charge in [-0.3, -0.25) is 0 Å². The molecule has 2 aromatic carbocycles. The Kier molecular flexibility index (Phi) is 3.16. The Morgan fingerprint density at radius 1 is 0.905 bits per heavy atom. The zero-order valence-corrected chi connectivity index (χ0v) is 12.7. The number of halogens is 1. The number of benzene rings is 2. The average molecular weight is 299 g/mol. The van der Waals surface area contributed by atoms with Crippen molar-refractivity contribution in [2.75, 3.05) is 24.5 Å². The first-order chi connectivity index (χ1) is 10.3. The van der Waals surface area contributed by atoms with Crippen LogP contribution >= 0.6 is 11.6 Å². The molecule has 1 saturated heterocycles. The van der Waals surface area contributed by atoms with Crippen molar-refractivity contribution >= 4 is 23.0 Å². The number of rotatable bonds is 1. The zero-order valence-electron chi connectivity index (χ0n) is 12.0. The zero-order chi connectivity index (χ0) is 14.3. The number of nitrogens with zero attached hydrogens (tertiary/aromatic N) is 1. The summed E-state index contributed by atoms with van der Waals surface area (Å²) in [4.78, 5) is 2.41. The lowest BCUT2D eigenvalue weighted by Crippen LogP contribution is -2.42. The van der Waals surface area contributed by atoms with Gasteiger partial charge in [0.15, 0.2) is 0 Å². The minimum atomic E-state index is 0.279. The lowest BCUT2D eigenvalue weighted by Gasteiger charge is -2.35. The number of fused-ring (bicyclic) bond motifs is 2. The molecule has 2 aliphatic heterocycles. The third kappa shape index (κ3) is 2.05. The average Bonchev–Trinajstić information content (AvgIpc) is 2.84. The Balaban J connectivity index is 1.83. The Labute approximate surface area is 130 Å². The molecular formula is C18H19ClN2. The fourth-order valence-corrected chi connectivity index (χ4v) is 4.09. The highest BCUT2D eigenvalue weighted by Crippen LogP contribution is 2.49. The molecule has 2 nitrogen and oxygen atoms in total. The molecule has 3 heteroatoms. The monoisotopic (exact) mass is 298 g/mol. The summed E-state index contributed by atoms with van der Waals surface area (Å²) in [5.74, 6) is 0. The van der Waals surface area contributed by atoms with Gasteiger partial charge in [0.2, 0.25) is 0 Å². The van der Waals surface area contributed by atoms with Crippen molar-refractivity contribution in [2.45, 2.75) is 18.3 Å². The highest BCUT2D eigenvalue weighted by atomic mass is 35.5. The number of nitrogens with one attached hydrogen (secondary N) is 1. The summed E-state index contributed by atoms with van der Waals surface area (Å²) in [5.41, 5.74) is 4.22. The van der Waals surface area contributed by atoms with Gasteiger partial charge in [-0.1, -0.05) is 41.9 Å². The second-order valence-corrected chi connectivity index (χ2v) is 6.49. The second-order valence-electron chi connectivity index (χ2n) is 6.09. The molecule has 21 heavy (non-hydrogen) atoms. The first-order valence-electron chi connectivity index (χ1n) is 7.62. The second kappa shape index (κ2) is 5.04. The van der Waals surface area contributed by atoms with Crippen LogP contribution in [-0.4, -0.2) is 19.6 Å². The number of anilines is 2. The van der Waals surface area contributed by atoms with Crippen LogP contribution in [0.3, 0.4) is 0 Å². The van der Waals surface area contributed by atoms with Crippen LogP contribution < -0.4 is 10.2 Å². The van der Waals surface area contributed by atoms with Crippen molar-refractivity contribution in [3.8, 4) is 0 Å². The van der Waals surface area contributed by atoms with Crippen LogP contribution in [0.15, 0.2) is 48.5 Å². The molecule has 0 unspecified atom stereocenters. The van der Waals surface area contributed by atoms with E-state index in [1.807, 2.05) is 12.1 Å². The molecule has 0 amide bonds. The van der Waals surface area contributed by atoms with E-state index in [1.165, 1.54) is 24.1 Å². The summed E-state index contributed by atoms with van der Waals surface area (Å²) < 4.78 is 0. The molecular weight excluding hydrogens is 280 g/mol. The summed E-state index contributed by atoms with van der Waals surface area (Å²) in [5, 5.41) is 4.32. The molecule has 2 aromatic rings. The Hall–Kier alpha value is -1.51. The van der Waals surface area contributed by atoms with E-state index in [-0.39, 0.29) is 5.41 Å². The topological polar surface area (TPSA) is 15.3 Å². The predicted molar refractivity (Wildman–Crippen MR) is 88.7 cm³/mol. The molecule has 1 fully saturated rings. The van der Waals surface area contributed by atoms with Gasteiger partial charge in [-0.15, -0.1) is 0 Å². The Morgan fingerprint density at radius 3 is 2.33 bits per heavy atom. The highest BCUT2D eigenvalue weighted by molar-refractivity contribution is 6.33. The van der Waals surface area contributed by atoms with Gasteiger partial charge in [-0.05, 0) is 49.7 Å². The van der Waals surface area contributed by atoms with Crippen molar-refractivity contribution in [3.05, 3.63) is 59.1 Å². The summed E-state index contributed by atoms with van der Waals surface area (Å²) in [7, 11) is 0. The number of hydrogen-bond donors (Lipinski definition) is 1. The van der Waals surface area contributed by atoms with Crippen LogP contribution in [0, 0.1) is 0 Å². The Bertz CT molecular complexity index is 662. The van der Waals surface area contributed by atoms with Crippen LogP contribution in [0.4, 0.5) is 11.4 Å². The smallest absolute Gasteiger partial charge is 0.0643 e. The number of hydrogen-bond acceptors (Lipinski definition) is 2. The van der Waals surface area contributed by atoms with Crippen molar-refractivity contribution in [1.82, 2.24) is 5.32 Å². The number of para-hydroxylation sites is 2. The van der Waals surface area contributed by atoms with Crippen LogP contribution in [-0.2, 0) is 5.41 Å². The first-order valence-corrected chi connectivity index (χ1v) is 8.00. The van der Waals surface area contributed by atoms with Gasteiger partial charge in [-0.2, -0.15) is 0 Å². The van der Waals surface area contributed by atoms with Crippen LogP contribution in [0.2, 0.25) is 5.02 Å². The van der Waals surface area contributed by atoms with Gasteiger partial charge in [0.25, 0.3) is 0 Å². The molecule has 4 rings (SSSR count). The lowest BCUT2D eigenvalue weighted by molar-refractivity contribution is 0.329. The summed E-state index contributed by atoms with van der Waals surface area (Å²) in [6.07, 6.45) is 2.40. The Morgan fingerprint density at radius 2 is 1.57 bits per heavy atom. The minimum Gasteiger partial charge on any atom is -0.339 e. The van der Waals surface area contributed by atoms with Gasteiger partial charge < -0.3 is 10.2 Å². The van der Waals surface area contributed by atoms with Crippen molar-refractivity contribution < 1.29 is 0 Å². The van der Waals surface area contributed by atoms with E-state index < -0.39 is 0 Å². The third-order valence-corrected chi connectivity index (χ3v) is 5.25. The van der Waals surface area contributed by atoms with Crippen LogP contribution in [0.1, 0.15) is 18.4 Å². The fraction of sp³-hybridized carbons (Fsp3) is 0.333. The normalized spacial score (nSPS) is 19.8. The van der Waals surface area contributed by atoms with Crippen molar-refractivity contribution in [2.24, 2.45) is 0 Å². The molecule has 108 valence electrons. The van der Waals surface area contributed by atoms with E-state index in [0.717, 1.165) is 30.3 Å². The van der Waals surface area contributed by atoms with Crippen molar-refractivity contribution in [1.29, 1.82) is 0 Å². The lowest BCUT2D eigenvalue weighted by atomic mass is 9.75. The van der Waals surface area contributed by atoms with Gasteiger partial charge in [-0.25, -0.2) is 0 Å². The largest absolute Gasteiger partial charge is 0.339 e. The van der Waals surface area contributed by atoms with Crippen molar-refractivity contribution in [3.63, 3.8) is 0 Å². The summed E-state index contributed by atoms with van der Waals surface area (Å²) in [6, 6.07) is 17.0.